The second kappa shape index (κ2) is 6.35. The van der Waals surface area contributed by atoms with Crippen LogP contribution in [0.5, 0.6) is 5.75 Å². The van der Waals surface area contributed by atoms with Crippen LogP contribution >= 0.6 is 0 Å². The molecule has 1 aromatic carbocycles. The van der Waals surface area contributed by atoms with Gasteiger partial charge in [-0.25, -0.2) is 14.6 Å². The van der Waals surface area contributed by atoms with Gasteiger partial charge < -0.3 is 9.64 Å². The smallest absolute Gasteiger partial charge is 0.258 e. The molecule has 25 heavy (non-hydrogen) atoms. The number of amides is 1. The highest BCUT2D eigenvalue weighted by atomic mass is 16.5. The number of pyridine rings is 1. The molecule has 0 fully saturated rings. The summed E-state index contributed by atoms with van der Waals surface area (Å²) in [4.78, 5) is 23.1. The van der Waals surface area contributed by atoms with E-state index >= 15 is 0 Å². The van der Waals surface area contributed by atoms with Gasteiger partial charge in [-0.2, -0.15) is 5.10 Å². The Kier molecular flexibility index (Phi) is 3.89. The van der Waals surface area contributed by atoms with Gasteiger partial charge in [-0.05, 0) is 30.7 Å². The number of hydrogen-bond acceptors (Lipinski definition) is 5. The molecular weight excluding hydrogens is 318 g/mol. The molecule has 0 N–H and O–H groups in total. The lowest BCUT2D eigenvalue weighted by Crippen LogP contribution is -2.43. The standard InChI is InChI=1S/C18H17N5O2/c1-2-14-10-22(15-5-3-4-6-16(15)25-14)18(24)13-7-8-20-17(9-13)23-12-19-11-21-23/h3-9,11-12,14H,2,10H2,1H3. The van der Waals surface area contributed by atoms with Crippen LogP contribution in [0.2, 0.25) is 0 Å². The van der Waals surface area contributed by atoms with E-state index in [0.29, 0.717) is 17.9 Å². The van der Waals surface area contributed by atoms with Crippen LogP contribution in [0.15, 0.2) is 55.2 Å². The molecule has 0 bridgehead atoms. The van der Waals surface area contributed by atoms with Gasteiger partial charge in [0.1, 0.15) is 24.5 Å². The van der Waals surface area contributed by atoms with E-state index in [-0.39, 0.29) is 12.0 Å². The maximum atomic E-state index is 13.1. The van der Waals surface area contributed by atoms with Crippen molar-refractivity contribution < 1.29 is 9.53 Å². The molecule has 3 aromatic rings. The van der Waals surface area contributed by atoms with Gasteiger partial charge in [-0.1, -0.05) is 19.1 Å². The van der Waals surface area contributed by atoms with E-state index in [1.54, 1.807) is 29.6 Å². The first-order valence-corrected chi connectivity index (χ1v) is 8.15. The normalized spacial score (nSPS) is 16.2. The number of hydrogen-bond donors (Lipinski definition) is 0. The molecule has 1 aliphatic heterocycles. The van der Waals surface area contributed by atoms with E-state index in [0.717, 1.165) is 17.9 Å². The second-order valence-electron chi connectivity index (χ2n) is 5.77. The van der Waals surface area contributed by atoms with Gasteiger partial charge in [0, 0.05) is 11.8 Å². The number of anilines is 1. The SMILES string of the molecule is CCC1CN(C(=O)c2ccnc(-n3cncn3)c2)c2ccccc2O1. The molecule has 7 nitrogen and oxygen atoms in total. The lowest BCUT2D eigenvalue weighted by atomic mass is 10.1. The summed E-state index contributed by atoms with van der Waals surface area (Å²) in [5.41, 5.74) is 1.34. The predicted molar refractivity (Wildman–Crippen MR) is 92.0 cm³/mol. The summed E-state index contributed by atoms with van der Waals surface area (Å²) in [6.07, 6.45) is 5.40. The van der Waals surface area contributed by atoms with Gasteiger partial charge in [-0.3, -0.25) is 4.79 Å². The number of benzene rings is 1. The van der Waals surface area contributed by atoms with Gasteiger partial charge in [0.05, 0.1) is 12.2 Å². The Morgan fingerprint density at radius 3 is 3.00 bits per heavy atom. The molecule has 0 aliphatic carbocycles. The number of para-hydroxylation sites is 2. The van der Waals surface area contributed by atoms with Crippen molar-refractivity contribution >= 4 is 11.6 Å². The third-order valence-electron chi connectivity index (χ3n) is 4.18. The quantitative estimate of drug-likeness (QED) is 0.735. The molecular formula is C18H17N5O2. The molecule has 0 spiro atoms. The Balaban J connectivity index is 1.70. The minimum atomic E-state index is -0.0852. The highest BCUT2D eigenvalue weighted by molar-refractivity contribution is 6.07. The van der Waals surface area contributed by atoms with Gasteiger partial charge in [0.15, 0.2) is 5.82 Å². The van der Waals surface area contributed by atoms with Crippen LogP contribution in [-0.2, 0) is 0 Å². The summed E-state index contributed by atoms with van der Waals surface area (Å²) in [6, 6.07) is 11.0. The summed E-state index contributed by atoms with van der Waals surface area (Å²) in [5.74, 6) is 1.20. The van der Waals surface area contributed by atoms with Crippen LogP contribution in [-0.4, -0.2) is 38.3 Å². The number of nitrogens with zero attached hydrogens (tertiary/aromatic N) is 5. The average molecular weight is 335 g/mol. The number of ether oxygens (including phenoxy) is 1. The van der Waals surface area contributed by atoms with Crippen molar-refractivity contribution in [2.45, 2.75) is 19.4 Å². The molecule has 4 rings (SSSR count). The fraction of sp³-hybridized carbons (Fsp3) is 0.222. The van der Waals surface area contributed by atoms with Crippen LogP contribution in [0.25, 0.3) is 5.82 Å². The number of aromatic nitrogens is 4. The number of fused-ring (bicyclic) bond motifs is 1. The van der Waals surface area contributed by atoms with Crippen LogP contribution < -0.4 is 9.64 Å². The van der Waals surface area contributed by atoms with Crippen molar-refractivity contribution in [3.05, 3.63) is 60.8 Å². The van der Waals surface area contributed by atoms with Gasteiger partial charge in [0.25, 0.3) is 5.91 Å². The van der Waals surface area contributed by atoms with E-state index in [4.69, 9.17) is 4.74 Å². The fourth-order valence-corrected chi connectivity index (χ4v) is 2.86. The van der Waals surface area contributed by atoms with Crippen molar-refractivity contribution in [1.82, 2.24) is 19.7 Å². The summed E-state index contributed by atoms with van der Waals surface area (Å²) in [7, 11) is 0. The average Bonchev–Trinajstić information content (AvgIpc) is 3.21. The number of rotatable bonds is 3. The minimum Gasteiger partial charge on any atom is -0.486 e. The molecule has 126 valence electrons. The molecule has 7 heteroatoms. The molecule has 1 unspecified atom stereocenters. The molecule has 1 amide bonds. The Labute approximate surface area is 144 Å². The number of carbonyl (C=O) groups excluding carboxylic acids is 1. The Morgan fingerprint density at radius 2 is 2.20 bits per heavy atom. The summed E-state index contributed by atoms with van der Waals surface area (Å²) >= 11 is 0. The topological polar surface area (TPSA) is 73.1 Å². The lowest BCUT2D eigenvalue weighted by Gasteiger charge is -2.34. The van der Waals surface area contributed by atoms with Crippen LogP contribution in [0.3, 0.4) is 0 Å². The largest absolute Gasteiger partial charge is 0.486 e. The molecule has 2 aromatic heterocycles. The number of carbonyl (C=O) groups is 1. The summed E-state index contributed by atoms with van der Waals surface area (Å²) < 4.78 is 7.48. The van der Waals surface area contributed by atoms with E-state index in [9.17, 15) is 4.79 Å². The minimum absolute atomic E-state index is 0.0181. The van der Waals surface area contributed by atoms with E-state index in [1.807, 2.05) is 24.3 Å². The molecule has 1 aliphatic rings. The third-order valence-corrected chi connectivity index (χ3v) is 4.18. The molecule has 3 heterocycles. The zero-order valence-corrected chi connectivity index (χ0v) is 13.7. The highest BCUT2D eigenvalue weighted by Crippen LogP contribution is 2.34. The van der Waals surface area contributed by atoms with Crippen LogP contribution in [0.4, 0.5) is 5.69 Å². The first kappa shape index (κ1) is 15.3. The Morgan fingerprint density at radius 1 is 1.32 bits per heavy atom. The Hall–Kier alpha value is -3.22. The van der Waals surface area contributed by atoms with Crippen molar-refractivity contribution in [3.8, 4) is 11.6 Å². The summed E-state index contributed by atoms with van der Waals surface area (Å²) in [5, 5.41) is 4.06. The highest BCUT2D eigenvalue weighted by Gasteiger charge is 2.29. The zero-order valence-electron chi connectivity index (χ0n) is 13.7. The van der Waals surface area contributed by atoms with Gasteiger partial charge >= 0.3 is 0 Å². The lowest BCUT2D eigenvalue weighted by molar-refractivity contribution is 0.0954. The van der Waals surface area contributed by atoms with Crippen molar-refractivity contribution in [2.24, 2.45) is 0 Å². The van der Waals surface area contributed by atoms with Crippen LogP contribution in [0, 0.1) is 0 Å². The monoisotopic (exact) mass is 335 g/mol. The van der Waals surface area contributed by atoms with Crippen molar-refractivity contribution in [3.63, 3.8) is 0 Å². The Bertz CT molecular complexity index is 894. The predicted octanol–water partition coefficient (Wildman–Crippen LogP) is 2.48. The molecule has 0 saturated carbocycles. The zero-order chi connectivity index (χ0) is 17.2. The second-order valence-corrected chi connectivity index (χ2v) is 5.77. The molecule has 0 radical (unpaired) electrons. The van der Waals surface area contributed by atoms with Crippen molar-refractivity contribution in [1.29, 1.82) is 0 Å². The van der Waals surface area contributed by atoms with Crippen LogP contribution in [0.1, 0.15) is 23.7 Å². The molecule has 1 atom stereocenters. The maximum Gasteiger partial charge on any atom is 0.258 e. The summed E-state index contributed by atoms with van der Waals surface area (Å²) in [6.45, 7) is 2.57. The van der Waals surface area contributed by atoms with Crippen molar-refractivity contribution in [2.75, 3.05) is 11.4 Å². The van der Waals surface area contributed by atoms with E-state index < -0.39 is 0 Å². The third kappa shape index (κ3) is 2.84. The van der Waals surface area contributed by atoms with Gasteiger partial charge in [0.2, 0.25) is 0 Å². The first-order chi connectivity index (χ1) is 12.3. The van der Waals surface area contributed by atoms with E-state index in [1.165, 1.54) is 11.0 Å². The maximum absolute atomic E-state index is 13.1. The molecule has 0 saturated heterocycles. The van der Waals surface area contributed by atoms with Gasteiger partial charge in [-0.15, -0.1) is 0 Å². The first-order valence-electron chi connectivity index (χ1n) is 8.15. The van der Waals surface area contributed by atoms with E-state index in [2.05, 4.69) is 22.0 Å². The fourth-order valence-electron chi connectivity index (χ4n) is 2.86.